The van der Waals surface area contributed by atoms with E-state index in [1.54, 1.807) is 0 Å². The van der Waals surface area contributed by atoms with E-state index in [0.717, 1.165) is 18.8 Å². The Morgan fingerprint density at radius 1 is 0.963 bits per heavy atom. The zero-order valence-corrected chi connectivity index (χ0v) is 17.7. The number of hydrogen-bond donors (Lipinski definition) is 0. The fourth-order valence-corrected chi connectivity index (χ4v) is 3.28. The van der Waals surface area contributed by atoms with Gasteiger partial charge in [0.2, 0.25) is 0 Å². The molecular weight excluding hydrogens is 332 g/mol. The normalized spacial score (nSPS) is 18.9. The summed E-state index contributed by atoms with van der Waals surface area (Å²) >= 11 is 0. The third kappa shape index (κ3) is 10.6. The van der Waals surface area contributed by atoms with Gasteiger partial charge < -0.3 is 9.47 Å². The van der Waals surface area contributed by atoms with E-state index in [4.69, 9.17) is 9.47 Å². The number of benzene rings is 1. The predicted molar refractivity (Wildman–Crippen MR) is 116 cm³/mol. The highest BCUT2D eigenvalue weighted by Crippen LogP contribution is 2.27. The first-order valence-electron chi connectivity index (χ1n) is 11.2. The molecule has 1 aliphatic rings. The maximum Gasteiger partial charge on any atom is 0.123 e. The van der Waals surface area contributed by atoms with Gasteiger partial charge in [0.1, 0.15) is 18.0 Å². The first-order chi connectivity index (χ1) is 13.2. The Labute approximate surface area is 167 Å². The molecule has 0 spiro atoms. The monoisotopic (exact) mass is 372 g/mol. The maximum absolute atomic E-state index is 5.86. The summed E-state index contributed by atoms with van der Waals surface area (Å²) in [6, 6.07) is 8.53. The van der Waals surface area contributed by atoms with Crippen LogP contribution >= 0.6 is 0 Å². The highest BCUT2D eigenvalue weighted by molar-refractivity contribution is 5.28. The minimum absolute atomic E-state index is 0.0443. The number of epoxide rings is 1. The van der Waals surface area contributed by atoms with Crippen LogP contribution in [0.4, 0.5) is 0 Å². The third-order valence-corrected chi connectivity index (χ3v) is 5.31. The second-order valence-corrected chi connectivity index (χ2v) is 8.30. The van der Waals surface area contributed by atoms with E-state index in [9.17, 15) is 0 Å². The molecule has 1 atom stereocenters. The average Bonchev–Trinajstić information content (AvgIpc) is 3.42. The molecule has 1 aromatic rings. The minimum Gasteiger partial charge on any atom is -0.490 e. The number of unbranched alkanes of at least 4 members (excludes halogenated alkanes) is 9. The molecule has 1 fully saturated rings. The largest absolute Gasteiger partial charge is 0.490 e. The Bertz CT molecular complexity index is 531. The number of rotatable bonds is 16. The van der Waals surface area contributed by atoms with Crippen molar-refractivity contribution in [3.8, 4) is 5.75 Å². The molecule has 1 aliphatic heterocycles. The van der Waals surface area contributed by atoms with E-state index >= 15 is 0 Å². The third-order valence-electron chi connectivity index (χ3n) is 5.31. The van der Waals surface area contributed by atoms with Gasteiger partial charge in [-0.2, -0.15) is 0 Å². The van der Waals surface area contributed by atoms with E-state index in [1.807, 2.05) is 6.07 Å². The summed E-state index contributed by atoms with van der Waals surface area (Å²) in [5, 5.41) is 0. The molecular formula is C25H40O2. The van der Waals surface area contributed by atoms with Crippen molar-refractivity contribution in [2.75, 3.05) is 13.2 Å². The molecule has 0 N–H and O–H groups in total. The van der Waals surface area contributed by atoms with Crippen molar-refractivity contribution < 1.29 is 9.47 Å². The van der Waals surface area contributed by atoms with Crippen LogP contribution in [-0.4, -0.2) is 18.8 Å². The molecule has 27 heavy (non-hydrogen) atoms. The van der Waals surface area contributed by atoms with Gasteiger partial charge in [0.25, 0.3) is 0 Å². The number of allylic oxidation sites excluding steroid dienone is 2. The van der Waals surface area contributed by atoms with Crippen LogP contribution in [0.5, 0.6) is 5.75 Å². The van der Waals surface area contributed by atoms with Gasteiger partial charge in [-0.25, -0.2) is 0 Å². The van der Waals surface area contributed by atoms with Gasteiger partial charge in [-0.05, 0) is 63.1 Å². The van der Waals surface area contributed by atoms with E-state index < -0.39 is 0 Å². The average molecular weight is 373 g/mol. The van der Waals surface area contributed by atoms with Crippen LogP contribution in [0.2, 0.25) is 0 Å². The molecule has 0 bridgehead atoms. The SMILES string of the molecule is CCCCCCCCC/C=C/CCCCc1cccc(OCC2(C)CO2)c1. The molecule has 0 saturated carbocycles. The lowest BCUT2D eigenvalue weighted by atomic mass is 10.1. The van der Waals surface area contributed by atoms with E-state index in [-0.39, 0.29) is 5.60 Å². The van der Waals surface area contributed by atoms with Gasteiger partial charge in [0, 0.05) is 0 Å². The lowest BCUT2D eigenvalue weighted by molar-refractivity contribution is 0.202. The molecule has 152 valence electrons. The topological polar surface area (TPSA) is 21.8 Å². The van der Waals surface area contributed by atoms with Gasteiger partial charge >= 0.3 is 0 Å². The Hall–Kier alpha value is -1.28. The fourth-order valence-electron chi connectivity index (χ4n) is 3.28. The molecule has 2 nitrogen and oxygen atoms in total. The summed E-state index contributed by atoms with van der Waals surface area (Å²) in [5.74, 6) is 0.971. The van der Waals surface area contributed by atoms with Gasteiger partial charge in [-0.15, -0.1) is 0 Å². The van der Waals surface area contributed by atoms with Crippen molar-refractivity contribution in [2.45, 2.75) is 96.5 Å². The summed E-state index contributed by atoms with van der Waals surface area (Å²) in [6.07, 6.45) is 20.7. The number of ether oxygens (including phenoxy) is 2. The van der Waals surface area contributed by atoms with Crippen LogP contribution in [-0.2, 0) is 11.2 Å². The van der Waals surface area contributed by atoms with Crippen LogP contribution in [0.3, 0.4) is 0 Å². The van der Waals surface area contributed by atoms with Gasteiger partial charge in [0.15, 0.2) is 0 Å². The van der Waals surface area contributed by atoms with Crippen molar-refractivity contribution in [1.82, 2.24) is 0 Å². The van der Waals surface area contributed by atoms with Gasteiger partial charge in [-0.3, -0.25) is 0 Å². The van der Waals surface area contributed by atoms with Crippen LogP contribution in [0.25, 0.3) is 0 Å². The second-order valence-electron chi connectivity index (χ2n) is 8.30. The molecule has 0 radical (unpaired) electrons. The Morgan fingerprint density at radius 2 is 1.63 bits per heavy atom. The molecule has 0 amide bonds. The van der Waals surface area contributed by atoms with Crippen molar-refractivity contribution in [3.05, 3.63) is 42.0 Å². The van der Waals surface area contributed by atoms with Gasteiger partial charge in [0.05, 0.1) is 6.61 Å². The maximum atomic E-state index is 5.86. The summed E-state index contributed by atoms with van der Waals surface area (Å²) in [7, 11) is 0. The lowest BCUT2D eigenvalue weighted by Gasteiger charge is -2.10. The quantitative estimate of drug-likeness (QED) is 0.173. The van der Waals surface area contributed by atoms with E-state index in [2.05, 4.69) is 44.2 Å². The lowest BCUT2D eigenvalue weighted by Crippen LogP contribution is -2.16. The van der Waals surface area contributed by atoms with Crippen molar-refractivity contribution in [3.63, 3.8) is 0 Å². The zero-order chi connectivity index (χ0) is 19.2. The Kier molecular flexibility index (Phi) is 10.6. The predicted octanol–water partition coefficient (Wildman–Crippen LogP) is 7.26. The molecule has 1 aromatic carbocycles. The van der Waals surface area contributed by atoms with E-state index in [0.29, 0.717) is 6.61 Å². The molecule has 2 rings (SSSR count). The van der Waals surface area contributed by atoms with E-state index in [1.165, 1.54) is 76.2 Å². The number of aryl methyl sites for hydroxylation is 1. The molecule has 2 heteroatoms. The number of hydrogen-bond acceptors (Lipinski definition) is 2. The molecule has 1 saturated heterocycles. The second kappa shape index (κ2) is 13.0. The Morgan fingerprint density at radius 3 is 2.33 bits per heavy atom. The highest BCUT2D eigenvalue weighted by Gasteiger charge is 2.40. The summed E-state index contributed by atoms with van der Waals surface area (Å²) in [6.45, 7) is 5.85. The van der Waals surface area contributed by atoms with Crippen molar-refractivity contribution >= 4 is 0 Å². The van der Waals surface area contributed by atoms with Crippen LogP contribution in [0.1, 0.15) is 90.0 Å². The first kappa shape index (κ1) is 22.0. The first-order valence-corrected chi connectivity index (χ1v) is 11.2. The minimum atomic E-state index is -0.0443. The highest BCUT2D eigenvalue weighted by atomic mass is 16.6. The Balaban J connectivity index is 1.45. The summed E-state index contributed by atoms with van der Waals surface area (Å²) in [4.78, 5) is 0. The van der Waals surface area contributed by atoms with Gasteiger partial charge in [-0.1, -0.05) is 69.7 Å². The van der Waals surface area contributed by atoms with Crippen molar-refractivity contribution in [1.29, 1.82) is 0 Å². The smallest absolute Gasteiger partial charge is 0.123 e. The standard InChI is InChI=1S/C25H40O2/c1-3-4-5-6-7-8-9-10-11-12-13-14-15-17-23-18-16-19-24(20-23)26-21-25(2)22-27-25/h11-12,16,18-20H,3-10,13-15,17,21-22H2,1-2H3/b12-11+. The van der Waals surface area contributed by atoms with Crippen molar-refractivity contribution in [2.24, 2.45) is 0 Å². The molecule has 1 heterocycles. The van der Waals surface area contributed by atoms with Crippen LogP contribution in [0.15, 0.2) is 36.4 Å². The summed E-state index contributed by atoms with van der Waals surface area (Å²) in [5.41, 5.74) is 1.33. The molecule has 1 unspecified atom stereocenters. The fraction of sp³-hybridized carbons (Fsp3) is 0.680. The van der Waals surface area contributed by atoms with Crippen LogP contribution < -0.4 is 4.74 Å². The molecule has 0 aliphatic carbocycles. The molecule has 0 aromatic heterocycles. The summed E-state index contributed by atoms with van der Waals surface area (Å²) < 4.78 is 11.2. The zero-order valence-electron chi connectivity index (χ0n) is 17.7. The van der Waals surface area contributed by atoms with Crippen LogP contribution in [0, 0.1) is 0 Å².